The maximum Gasteiger partial charge on any atom is 0.240 e. The van der Waals surface area contributed by atoms with E-state index < -0.39 is 15.4 Å². The summed E-state index contributed by atoms with van der Waals surface area (Å²) in [4.78, 5) is 11.7. The van der Waals surface area contributed by atoms with Gasteiger partial charge in [-0.15, -0.1) is 0 Å². The fourth-order valence-corrected chi connectivity index (χ4v) is 3.00. The van der Waals surface area contributed by atoms with Crippen molar-refractivity contribution < 1.29 is 13.2 Å². The molecular formula is C14H19N3O3S. The highest BCUT2D eigenvalue weighted by Crippen LogP contribution is 2.18. The third-order valence-electron chi connectivity index (χ3n) is 3.17. The van der Waals surface area contributed by atoms with E-state index in [1.165, 1.54) is 25.2 Å². The summed E-state index contributed by atoms with van der Waals surface area (Å²) in [6.07, 6.45) is 0. The van der Waals surface area contributed by atoms with Crippen LogP contribution >= 0.6 is 0 Å². The number of nitriles is 1. The van der Waals surface area contributed by atoms with E-state index in [1.807, 2.05) is 6.07 Å². The van der Waals surface area contributed by atoms with Gasteiger partial charge in [0, 0.05) is 13.6 Å². The summed E-state index contributed by atoms with van der Waals surface area (Å²) in [5.74, 6) is -0.249. The third-order valence-corrected chi connectivity index (χ3v) is 4.57. The Morgan fingerprint density at radius 3 is 2.48 bits per heavy atom. The van der Waals surface area contributed by atoms with Crippen LogP contribution in [0.5, 0.6) is 0 Å². The van der Waals surface area contributed by atoms with Crippen molar-refractivity contribution in [2.45, 2.75) is 25.7 Å². The van der Waals surface area contributed by atoms with E-state index in [0.29, 0.717) is 11.1 Å². The molecule has 0 aromatic heterocycles. The zero-order valence-electron chi connectivity index (χ0n) is 12.5. The van der Waals surface area contributed by atoms with Crippen molar-refractivity contribution in [3.63, 3.8) is 0 Å². The molecule has 1 aromatic rings. The topological polar surface area (TPSA) is 99.1 Å². The van der Waals surface area contributed by atoms with Crippen molar-refractivity contribution in [3.8, 4) is 6.07 Å². The number of sulfonamides is 1. The number of amides is 1. The van der Waals surface area contributed by atoms with Crippen LogP contribution in [-0.4, -0.2) is 27.9 Å². The Balaban J connectivity index is 2.96. The van der Waals surface area contributed by atoms with Gasteiger partial charge >= 0.3 is 0 Å². The third kappa shape index (κ3) is 4.03. The zero-order valence-corrected chi connectivity index (χ0v) is 13.3. The van der Waals surface area contributed by atoms with Crippen LogP contribution in [0.4, 0.5) is 0 Å². The summed E-state index contributed by atoms with van der Waals surface area (Å²) in [5.41, 5.74) is 0.161. The Morgan fingerprint density at radius 1 is 1.38 bits per heavy atom. The molecule has 0 aliphatic rings. The van der Waals surface area contributed by atoms with Crippen molar-refractivity contribution in [3.05, 3.63) is 29.3 Å². The first-order valence-electron chi connectivity index (χ1n) is 6.36. The van der Waals surface area contributed by atoms with Gasteiger partial charge in [0.1, 0.15) is 0 Å². The van der Waals surface area contributed by atoms with Crippen LogP contribution in [0.25, 0.3) is 0 Å². The summed E-state index contributed by atoms with van der Waals surface area (Å²) in [6, 6.07) is 6.26. The molecule has 0 saturated carbocycles. The average Bonchev–Trinajstić information content (AvgIpc) is 2.44. The van der Waals surface area contributed by atoms with Gasteiger partial charge in [-0.05, 0) is 44.5 Å². The molecule has 0 aliphatic carbocycles. The minimum atomic E-state index is -3.72. The Kier molecular flexibility index (Phi) is 5.10. The van der Waals surface area contributed by atoms with Crippen LogP contribution in [-0.2, 0) is 14.8 Å². The van der Waals surface area contributed by atoms with Gasteiger partial charge in [0.05, 0.1) is 21.9 Å². The van der Waals surface area contributed by atoms with Gasteiger partial charge in [0.25, 0.3) is 0 Å². The van der Waals surface area contributed by atoms with Gasteiger partial charge in [-0.25, -0.2) is 13.1 Å². The fourth-order valence-electron chi connectivity index (χ4n) is 1.71. The van der Waals surface area contributed by atoms with E-state index in [2.05, 4.69) is 10.0 Å². The van der Waals surface area contributed by atoms with Crippen LogP contribution in [0, 0.1) is 23.7 Å². The number of nitrogens with one attached hydrogen (secondary N) is 2. The highest BCUT2D eigenvalue weighted by atomic mass is 32.2. The average molecular weight is 309 g/mol. The van der Waals surface area contributed by atoms with Crippen LogP contribution in [0.15, 0.2) is 23.1 Å². The molecule has 0 radical (unpaired) electrons. The predicted molar refractivity (Wildman–Crippen MR) is 78.9 cm³/mol. The SMILES string of the molecule is CNC(=O)C(C)(C)CNS(=O)(=O)c1ccc(C#N)c(C)c1. The van der Waals surface area contributed by atoms with Gasteiger partial charge in [-0.2, -0.15) is 5.26 Å². The van der Waals surface area contributed by atoms with Gasteiger partial charge in [-0.1, -0.05) is 0 Å². The molecule has 0 spiro atoms. The molecule has 0 saturated heterocycles. The lowest BCUT2D eigenvalue weighted by Crippen LogP contribution is -2.43. The molecule has 0 fully saturated rings. The van der Waals surface area contributed by atoms with Crippen molar-refractivity contribution in [1.82, 2.24) is 10.0 Å². The Labute approximate surface area is 125 Å². The second kappa shape index (κ2) is 6.24. The smallest absolute Gasteiger partial charge is 0.240 e. The predicted octanol–water partition coefficient (Wildman–Crippen LogP) is 0.917. The molecule has 2 N–H and O–H groups in total. The molecule has 1 rings (SSSR count). The van der Waals surface area contributed by atoms with Crippen molar-refractivity contribution in [2.24, 2.45) is 5.41 Å². The first-order chi connectivity index (χ1) is 9.64. The molecule has 6 nitrogen and oxygen atoms in total. The highest BCUT2D eigenvalue weighted by molar-refractivity contribution is 7.89. The number of nitrogens with zero attached hydrogens (tertiary/aromatic N) is 1. The van der Waals surface area contributed by atoms with Crippen molar-refractivity contribution in [1.29, 1.82) is 5.26 Å². The number of hydrogen-bond acceptors (Lipinski definition) is 4. The molecule has 1 aromatic carbocycles. The van der Waals surface area contributed by atoms with E-state index in [1.54, 1.807) is 20.8 Å². The molecule has 0 atom stereocenters. The maximum absolute atomic E-state index is 12.2. The normalized spacial score (nSPS) is 11.8. The lowest BCUT2D eigenvalue weighted by Gasteiger charge is -2.22. The van der Waals surface area contributed by atoms with Gasteiger partial charge in [-0.3, -0.25) is 4.79 Å². The second-order valence-electron chi connectivity index (χ2n) is 5.38. The number of carbonyl (C=O) groups is 1. The van der Waals surface area contributed by atoms with Gasteiger partial charge < -0.3 is 5.32 Å². The molecule has 7 heteroatoms. The minimum Gasteiger partial charge on any atom is -0.359 e. The van der Waals surface area contributed by atoms with Gasteiger partial charge in [0.15, 0.2) is 0 Å². The van der Waals surface area contributed by atoms with E-state index in [-0.39, 0.29) is 17.3 Å². The molecule has 0 heterocycles. The van der Waals surface area contributed by atoms with Crippen LogP contribution in [0.1, 0.15) is 25.0 Å². The maximum atomic E-state index is 12.2. The standard InChI is InChI=1S/C14H19N3O3S/c1-10-7-12(6-5-11(10)8-15)21(19,20)17-9-14(2,3)13(18)16-4/h5-7,17H,9H2,1-4H3,(H,16,18). The molecule has 0 aliphatic heterocycles. The Bertz CT molecular complexity index is 688. The second-order valence-corrected chi connectivity index (χ2v) is 7.14. The quantitative estimate of drug-likeness (QED) is 0.844. The lowest BCUT2D eigenvalue weighted by molar-refractivity contribution is -0.128. The van der Waals surface area contributed by atoms with E-state index in [9.17, 15) is 13.2 Å². The minimum absolute atomic E-state index is 0.0198. The first kappa shape index (κ1) is 17.1. The monoisotopic (exact) mass is 309 g/mol. The van der Waals surface area contributed by atoms with E-state index in [4.69, 9.17) is 5.26 Å². The summed E-state index contributed by atoms with van der Waals surface area (Å²) in [6.45, 7) is 4.96. The molecular weight excluding hydrogens is 290 g/mol. The number of hydrogen-bond donors (Lipinski definition) is 2. The fraction of sp³-hybridized carbons (Fsp3) is 0.429. The number of aryl methyl sites for hydroxylation is 1. The number of benzene rings is 1. The lowest BCUT2D eigenvalue weighted by atomic mass is 9.93. The molecule has 0 bridgehead atoms. The van der Waals surface area contributed by atoms with Crippen molar-refractivity contribution in [2.75, 3.05) is 13.6 Å². The molecule has 0 unspecified atom stereocenters. The summed E-state index contributed by atoms with van der Waals surface area (Å²) >= 11 is 0. The first-order valence-corrected chi connectivity index (χ1v) is 7.85. The Morgan fingerprint density at radius 2 is 2.00 bits per heavy atom. The van der Waals surface area contributed by atoms with Crippen LogP contribution < -0.4 is 10.0 Å². The summed E-state index contributed by atoms with van der Waals surface area (Å²) in [7, 11) is -2.22. The highest BCUT2D eigenvalue weighted by Gasteiger charge is 2.29. The molecule has 1 amide bonds. The van der Waals surface area contributed by atoms with Gasteiger partial charge in [0.2, 0.25) is 15.9 Å². The zero-order chi connectivity index (χ0) is 16.3. The largest absolute Gasteiger partial charge is 0.359 e. The van der Waals surface area contributed by atoms with Crippen LogP contribution in [0.3, 0.4) is 0 Å². The van der Waals surface area contributed by atoms with Crippen molar-refractivity contribution >= 4 is 15.9 Å². The summed E-state index contributed by atoms with van der Waals surface area (Å²) < 4.78 is 26.9. The summed E-state index contributed by atoms with van der Waals surface area (Å²) in [5, 5.41) is 11.3. The van der Waals surface area contributed by atoms with E-state index in [0.717, 1.165) is 0 Å². The Hall–Kier alpha value is -1.91. The number of rotatable bonds is 5. The van der Waals surface area contributed by atoms with E-state index >= 15 is 0 Å². The molecule has 114 valence electrons. The van der Waals surface area contributed by atoms with Crippen LogP contribution in [0.2, 0.25) is 0 Å². The number of carbonyl (C=O) groups excluding carboxylic acids is 1. The molecule has 21 heavy (non-hydrogen) atoms.